The van der Waals surface area contributed by atoms with Gasteiger partial charge in [0.15, 0.2) is 0 Å². The molecule has 1 atom stereocenters. The highest BCUT2D eigenvalue weighted by molar-refractivity contribution is 5.74. The van der Waals surface area contributed by atoms with Gasteiger partial charge in [-0.05, 0) is 19.3 Å². The van der Waals surface area contributed by atoms with Gasteiger partial charge in [0.1, 0.15) is 0 Å². The lowest BCUT2D eigenvalue weighted by molar-refractivity contribution is 0.159. The molecule has 5 heteroatoms. The lowest BCUT2D eigenvalue weighted by atomic mass is 9.96. The maximum absolute atomic E-state index is 11.9. The number of amides is 2. The van der Waals surface area contributed by atoms with E-state index in [0.29, 0.717) is 12.1 Å². The van der Waals surface area contributed by atoms with Gasteiger partial charge in [0.2, 0.25) is 0 Å². The Kier molecular flexibility index (Phi) is 5.92. The standard InChI is InChI=1S/C14H27N3O2/c1-19-10-9-17-8-7-13(11-17)16-14(18)15-12-5-3-2-4-6-12/h12-13H,2-11H2,1H3,(H2,15,16,18)/t13-/m1/s1. The van der Waals surface area contributed by atoms with E-state index in [1.165, 1.54) is 19.3 Å². The minimum Gasteiger partial charge on any atom is -0.383 e. The molecule has 1 aliphatic carbocycles. The molecule has 0 radical (unpaired) electrons. The van der Waals surface area contributed by atoms with Gasteiger partial charge in [0.25, 0.3) is 0 Å². The summed E-state index contributed by atoms with van der Waals surface area (Å²) in [5.41, 5.74) is 0. The first-order chi connectivity index (χ1) is 9.28. The van der Waals surface area contributed by atoms with Crippen molar-refractivity contribution in [3.63, 3.8) is 0 Å². The van der Waals surface area contributed by atoms with Crippen LogP contribution < -0.4 is 10.6 Å². The quantitative estimate of drug-likeness (QED) is 0.792. The number of urea groups is 1. The minimum absolute atomic E-state index is 0.0190. The van der Waals surface area contributed by atoms with Crippen molar-refractivity contribution in [3.05, 3.63) is 0 Å². The second-order valence-corrected chi connectivity index (χ2v) is 5.73. The van der Waals surface area contributed by atoms with Crippen molar-refractivity contribution in [1.82, 2.24) is 15.5 Å². The predicted octanol–water partition coefficient (Wildman–Crippen LogP) is 1.34. The van der Waals surface area contributed by atoms with Gasteiger partial charge in [-0.1, -0.05) is 19.3 Å². The molecule has 1 heterocycles. The maximum Gasteiger partial charge on any atom is 0.315 e. The van der Waals surface area contributed by atoms with E-state index in [9.17, 15) is 4.79 Å². The van der Waals surface area contributed by atoms with Crippen molar-refractivity contribution in [2.45, 2.75) is 50.6 Å². The summed E-state index contributed by atoms with van der Waals surface area (Å²) in [5.74, 6) is 0. The third-order valence-corrected chi connectivity index (χ3v) is 4.16. The highest BCUT2D eigenvalue weighted by Crippen LogP contribution is 2.17. The van der Waals surface area contributed by atoms with Crippen LogP contribution in [0.25, 0.3) is 0 Å². The molecule has 2 aliphatic rings. The van der Waals surface area contributed by atoms with Gasteiger partial charge in [-0.15, -0.1) is 0 Å². The van der Waals surface area contributed by atoms with Gasteiger partial charge in [0, 0.05) is 38.8 Å². The molecule has 5 nitrogen and oxygen atoms in total. The number of rotatable bonds is 5. The molecule has 2 rings (SSSR count). The Balaban J connectivity index is 1.62. The number of hydrogen-bond acceptors (Lipinski definition) is 3. The summed E-state index contributed by atoms with van der Waals surface area (Å²) in [6, 6.07) is 0.700. The first-order valence-corrected chi connectivity index (χ1v) is 7.56. The van der Waals surface area contributed by atoms with Crippen LogP contribution in [0.4, 0.5) is 4.79 Å². The zero-order valence-corrected chi connectivity index (χ0v) is 12.0. The Morgan fingerprint density at radius 3 is 2.63 bits per heavy atom. The number of nitrogens with zero attached hydrogens (tertiary/aromatic N) is 1. The molecule has 0 aromatic carbocycles. The fourth-order valence-corrected chi connectivity index (χ4v) is 3.03. The van der Waals surface area contributed by atoms with Gasteiger partial charge in [0.05, 0.1) is 6.61 Å². The number of hydrogen-bond donors (Lipinski definition) is 2. The van der Waals surface area contributed by atoms with E-state index in [0.717, 1.165) is 45.5 Å². The van der Waals surface area contributed by atoms with Gasteiger partial charge in [-0.3, -0.25) is 4.90 Å². The van der Waals surface area contributed by atoms with E-state index in [1.807, 2.05) is 0 Å². The highest BCUT2D eigenvalue weighted by atomic mass is 16.5. The molecule has 2 fully saturated rings. The Hall–Kier alpha value is -0.810. The van der Waals surface area contributed by atoms with Crippen molar-refractivity contribution in [3.8, 4) is 0 Å². The SMILES string of the molecule is COCCN1CC[C@@H](NC(=O)NC2CCCCC2)C1. The molecule has 0 unspecified atom stereocenters. The highest BCUT2D eigenvalue weighted by Gasteiger charge is 2.24. The molecular formula is C14H27N3O2. The van der Waals surface area contributed by atoms with Gasteiger partial charge < -0.3 is 15.4 Å². The summed E-state index contributed by atoms with van der Waals surface area (Å²) < 4.78 is 5.08. The average molecular weight is 269 g/mol. The van der Waals surface area contributed by atoms with Crippen molar-refractivity contribution in [2.75, 3.05) is 33.4 Å². The lowest BCUT2D eigenvalue weighted by Gasteiger charge is -2.24. The Labute approximate surface area is 116 Å². The van der Waals surface area contributed by atoms with Crippen LogP contribution in [0.1, 0.15) is 38.5 Å². The number of nitrogens with one attached hydrogen (secondary N) is 2. The van der Waals surface area contributed by atoms with E-state index in [4.69, 9.17) is 4.74 Å². The summed E-state index contributed by atoms with van der Waals surface area (Å²) in [7, 11) is 1.73. The fraction of sp³-hybridized carbons (Fsp3) is 0.929. The number of likely N-dealkylation sites (tertiary alicyclic amines) is 1. The largest absolute Gasteiger partial charge is 0.383 e. The summed E-state index contributed by atoms with van der Waals surface area (Å²) in [4.78, 5) is 14.3. The van der Waals surface area contributed by atoms with Gasteiger partial charge in [-0.2, -0.15) is 0 Å². The van der Waals surface area contributed by atoms with E-state index in [-0.39, 0.29) is 6.03 Å². The molecular weight excluding hydrogens is 242 g/mol. The van der Waals surface area contributed by atoms with E-state index in [2.05, 4.69) is 15.5 Å². The molecule has 1 aliphatic heterocycles. The maximum atomic E-state index is 11.9. The molecule has 19 heavy (non-hydrogen) atoms. The third-order valence-electron chi connectivity index (χ3n) is 4.16. The van der Waals surface area contributed by atoms with Crippen molar-refractivity contribution < 1.29 is 9.53 Å². The molecule has 2 amide bonds. The molecule has 0 aromatic heterocycles. The van der Waals surface area contributed by atoms with Gasteiger partial charge >= 0.3 is 6.03 Å². The van der Waals surface area contributed by atoms with Crippen molar-refractivity contribution in [1.29, 1.82) is 0 Å². The zero-order valence-electron chi connectivity index (χ0n) is 12.0. The number of carbonyl (C=O) groups excluding carboxylic acids is 1. The number of carbonyl (C=O) groups is 1. The molecule has 0 aromatic rings. The van der Waals surface area contributed by atoms with Crippen LogP contribution in [0.15, 0.2) is 0 Å². The second-order valence-electron chi connectivity index (χ2n) is 5.73. The normalized spacial score (nSPS) is 25.4. The Morgan fingerprint density at radius 2 is 1.89 bits per heavy atom. The van der Waals surface area contributed by atoms with Crippen LogP contribution in [-0.2, 0) is 4.74 Å². The van der Waals surface area contributed by atoms with Gasteiger partial charge in [-0.25, -0.2) is 4.79 Å². The van der Waals surface area contributed by atoms with E-state index < -0.39 is 0 Å². The Bertz CT molecular complexity index is 280. The fourth-order valence-electron chi connectivity index (χ4n) is 3.03. The van der Waals surface area contributed by atoms with Crippen LogP contribution >= 0.6 is 0 Å². The minimum atomic E-state index is 0.0190. The smallest absolute Gasteiger partial charge is 0.315 e. The third kappa shape index (κ3) is 4.99. The first-order valence-electron chi connectivity index (χ1n) is 7.56. The number of ether oxygens (including phenoxy) is 1. The van der Waals surface area contributed by atoms with Crippen LogP contribution in [0.2, 0.25) is 0 Å². The number of methoxy groups -OCH3 is 1. The molecule has 110 valence electrons. The van der Waals surface area contributed by atoms with E-state index >= 15 is 0 Å². The summed E-state index contributed by atoms with van der Waals surface area (Å²) in [6.45, 7) is 3.72. The Morgan fingerprint density at radius 1 is 1.16 bits per heavy atom. The zero-order chi connectivity index (χ0) is 13.5. The first kappa shape index (κ1) is 14.6. The molecule has 0 spiro atoms. The van der Waals surface area contributed by atoms with Crippen LogP contribution in [0.5, 0.6) is 0 Å². The monoisotopic (exact) mass is 269 g/mol. The second kappa shape index (κ2) is 7.70. The lowest BCUT2D eigenvalue weighted by Crippen LogP contribution is -2.47. The predicted molar refractivity (Wildman–Crippen MR) is 75.3 cm³/mol. The summed E-state index contributed by atoms with van der Waals surface area (Å²) >= 11 is 0. The molecule has 2 N–H and O–H groups in total. The molecule has 1 saturated heterocycles. The topological polar surface area (TPSA) is 53.6 Å². The molecule has 1 saturated carbocycles. The van der Waals surface area contributed by atoms with E-state index in [1.54, 1.807) is 7.11 Å². The molecule has 0 bridgehead atoms. The van der Waals surface area contributed by atoms with Crippen LogP contribution in [0.3, 0.4) is 0 Å². The van der Waals surface area contributed by atoms with Crippen molar-refractivity contribution in [2.24, 2.45) is 0 Å². The van der Waals surface area contributed by atoms with Crippen molar-refractivity contribution >= 4 is 6.03 Å². The average Bonchev–Trinajstić information content (AvgIpc) is 2.85. The summed E-state index contributed by atoms with van der Waals surface area (Å²) in [6.07, 6.45) is 7.13. The van der Waals surface area contributed by atoms with Crippen LogP contribution in [0, 0.1) is 0 Å². The van der Waals surface area contributed by atoms with Crippen LogP contribution in [-0.4, -0.2) is 56.4 Å². The summed E-state index contributed by atoms with van der Waals surface area (Å²) in [5, 5.41) is 6.21.